The maximum absolute atomic E-state index is 13.2. The van der Waals surface area contributed by atoms with Crippen molar-refractivity contribution in [3.05, 3.63) is 41.5 Å². The summed E-state index contributed by atoms with van der Waals surface area (Å²) in [5, 5.41) is 6.38. The summed E-state index contributed by atoms with van der Waals surface area (Å²) >= 11 is 0. The van der Waals surface area contributed by atoms with E-state index in [1.54, 1.807) is 6.07 Å². The molecule has 1 aromatic carbocycles. The third kappa shape index (κ3) is 3.23. The number of aryl methyl sites for hydroxylation is 1. The van der Waals surface area contributed by atoms with Gasteiger partial charge in [0.15, 0.2) is 0 Å². The second kappa shape index (κ2) is 6.32. The Bertz CT molecular complexity index is 598. The lowest BCUT2D eigenvalue weighted by Crippen LogP contribution is -2.09. The Balaban J connectivity index is 2.37. The van der Waals surface area contributed by atoms with Crippen molar-refractivity contribution in [1.29, 1.82) is 0 Å². The Morgan fingerprint density at radius 2 is 1.90 bits per heavy atom. The van der Waals surface area contributed by atoms with Gasteiger partial charge in [-0.1, -0.05) is 13.0 Å². The summed E-state index contributed by atoms with van der Waals surface area (Å²) in [6.07, 6.45) is 0.747. The van der Waals surface area contributed by atoms with E-state index in [9.17, 15) is 4.39 Å². The van der Waals surface area contributed by atoms with Crippen LogP contribution in [0, 0.1) is 12.7 Å². The SMILES string of the molecule is CCNc1nc(CC)nc(Nc2cccc(F)c2)c1C. The second-order valence-electron chi connectivity index (χ2n) is 4.48. The van der Waals surface area contributed by atoms with Crippen LogP contribution in [0.2, 0.25) is 0 Å². The van der Waals surface area contributed by atoms with Gasteiger partial charge in [0.1, 0.15) is 23.3 Å². The Kier molecular flexibility index (Phi) is 4.50. The van der Waals surface area contributed by atoms with E-state index >= 15 is 0 Å². The molecule has 5 heteroatoms. The number of anilines is 3. The molecular formula is C15H19FN4. The van der Waals surface area contributed by atoms with Crippen LogP contribution in [0.25, 0.3) is 0 Å². The number of hydrogen-bond acceptors (Lipinski definition) is 4. The smallest absolute Gasteiger partial charge is 0.139 e. The summed E-state index contributed by atoms with van der Waals surface area (Å²) in [5.74, 6) is 2.01. The molecule has 0 fully saturated rings. The summed E-state index contributed by atoms with van der Waals surface area (Å²) < 4.78 is 13.2. The van der Waals surface area contributed by atoms with Crippen LogP contribution in [0.15, 0.2) is 24.3 Å². The number of aromatic nitrogens is 2. The third-order valence-electron chi connectivity index (χ3n) is 2.94. The summed E-state index contributed by atoms with van der Waals surface area (Å²) in [6.45, 7) is 6.76. The normalized spacial score (nSPS) is 10.4. The Morgan fingerprint density at radius 3 is 2.55 bits per heavy atom. The minimum Gasteiger partial charge on any atom is -0.370 e. The maximum Gasteiger partial charge on any atom is 0.139 e. The predicted molar refractivity (Wildman–Crippen MR) is 80.0 cm³/mol. The minimum absolute atomic E-state index is 0.274. The molecule has 2 N–H and O–H groups in total. The average molecular weight is 274 g/mol. The Labute approximate surface area is 118 Å². The third-order valence-corrected chi connectivity index (χ3v) is 2.94. The van der Waals surface area contributed by atoms with E-state index in [1.807, 2.05) is 26.8 Å². The lowest BCUT2D eigenvalue weighted by Gasteiger charge is -2.14. The fraction of sp³-hybridized carbons (Fsp3) is 0.333. The molecule has 2 rings (SSSR count). The standard InChI is InChI=1S/C15H19FN4/c1-4-13-19-14(17-5-2)10(3)15(20-13)18-12-8-6-7-11(16)9-12/h6-9H,4-5H2,1-3H3,(H2,17,18,19,20). The van der Waals surface area contributed by atoms with E-state index in [2.05, 4.69) is 20.6 Å². The van der Waals surface area contributed by atoms with Gasteiger partial charge in [-0.05, 0) is 32.0 Å². The zero-order chi connectivity index (χ0) is 14.5. The Hall–Kier alpha value is -2.17. The Morgan fingerprint density at radius 1 is 1.15 bits per heavy atom. The number of nitrogens with zero attached hydrogens (tertiary/aromatic N) is 2. The van der Waals surface area contributed by atoms with Gasteiger partial charge in [-0.25, -0.2) is 14.4 Å². The van der Waals surface area contributed by atoms with Gasteiger partial charge < -0.3 is 10.6 Å². The quantitative estimate of drug-likeness (QED) is 0.873. The first-order valence-corrected chi connectivity index (χ1v) is 6.78. The summed E-state index contributed by atoms with van der Waals surface area (Å²) in [6, 6.07) is 6.34. The van der Waals surface area contributed by atoms with Crippen molar-refractivity contribution in [3.8, 4) is 0 Å². The topological polar surface area (TPSA) is 49.8 Å². The largest absolute Gasteiger partial charge is 0.370 e. The molecule has 0 bridgehead atoms. The van der Waals surface area contributed by atoms with E-state index in [0.717, 1.165) is 30.2 Å². The van der Waals surface area contributed by atoms with Crippen molar-refractivity contribution in [1.82, 2.24) is 9.97 Å². The molecule has 0 radical (unpaired) electrons. The molecule has 0 saturated heterocycles. The van der Waals surface area contributed by atoms with Crippen LogP contribution in [0.4, 0.5) is 21.7 Å². The molecule has 0 aliphatic rings. The van der Waals surface area contributed by atoms with Crippen molar-refractivity contribution in [2.45, 2.75) is 27.2 Å². The van der Waals surface area contributed by atoms with Gasteiger partial charge in [-0.2, -0.15) is 0 Å². The molecule has 106 valence electrons. The molecule has 0 atom stereocenters. The monoisotopic (exact) mass is 274 g/mol. The summed E-state index contributed by atoms with van der Waals surface area (Å²) in [7, 11) is 0. The molecule has 1 aromatic heterocycles. The first-order valence-electron chi connectivity index (χ1n) is 6.78. The molecule has 1 heterocycles. The van der Waals surface area contributed by atoms with Gasteiger partial charge in [0.2, 0.25) is 0 Å². The maximum atomic E-state index is 13.2. The number of nitrogens with one attached hydrogen (secondary N) is 2. The number of halogens is 1. The zero-order valence-corrected chi connectivity index (χ0v) is 12.0. The summed E-state index contributed by atoms with van der Waals surface area (Å²) in [5.41, 5.74) is 1.60. The molecule has 0 aliphatic carbocycles. The lowest BCUT2D eigenvalue weighted by molar-refractivity contribution is 0.628. The highest BCUT2D eigenvalue weighted by Gasteiger charge is 2.10. The van der Waals surface area contributed by atoms with E-state index in [4.69, 9.17) is 0 Å². The van der Waals surface area contributed by atoms with Gasteiger partial charge in [0, 0.05) is 24.2 Å². The highest BCUT2D eigenvalue weighted by molar-refractivity contribution is 5.64. The first-order chi connectivity index (χ1) is 9.63. The lowest BCUT2D eigenvalue weighted by atomic mass is 10.2. The van der Waals surface area contributed by atoms with Crippen molar-refractivity contribution >= 4 is 17.3 Å². The van der Waals surface area contributed by atoms with Crippen LogP contribution in [-0.2, 0) is 6.42 Å². The summed E-state index contributed by atoms with van der Waals surface area (Å²) in [4.78, 5) is 8.94. The highest BCUT2D eigenvalue weighted by atomic mass is 19.1. The van der Waals surface area contributed by atoms with E-state index in [-0.39, 0.29) is 5.82 Å². The van der Waals surface area contributed by atoms with Crippen LogP contribution in [0.5, 0.6) is 0 Å². The zero-order valence-electron chi connectivity index (χ0n) is 12.0. The second-order valence-corrected chi connectivity index (χ2v) is 4.48. The van der Waals surface area contributed by atoms with Crippen LogP contribution < -0.4 is 10.6 Å². The molecule has 20 heavy (non-hydrogen) atoms. The molecule has 0 spiro atoms. The van der Waals surface area contributed by atoms with Gasteiger partial charge in [-0.15, -0.1) is 0 Å². The van der Waals surface area contributed by atoms with Crippen LogP contribution in [-0.4, -0.2) is 16.5 Å². The molecule has 4 nitrogen and oxygen atoms in total. The van der Waals surface area contributed by atoms with Crippen molar-refractivity contribution in [3.63, 3.8) is 0 Å². The van der Waals surface area contributed by atoms with Gasteiger partial charge in [-0.3, -0.25) is 0 Å². The number of hydrogen-bond donors (Lipinski definition) is 2. The van der Waals surface area contributed by atoms with Gasteiger partial charge in [0.05, 0.1) is 0 Å². The van der Waals surface area contributed by atoms with E-state index in [0.29, 0.717) is 11.5 Å². The molecule has 0 saturated carbocycles. The fourth-order valence-corrected chi connectivity index (χ4v) is 1.89. The van der Waals surface area contributed by atoms with E-state index < -0.39 is 0 Å². The van der Waals surface area contributed by atoms with Gasteiger partial charge in [0.25, 0.3) is 0 Å². The van der Waals surface area contributed by atoms with Crippen molar-refractivity contribution in [2.75, 3.05) is 17.2 Å². The van der Waals surface area contributed by atoms with Crippen molar-refractivity contribution in [2.24, 2.45) is 0 Å². The highest BCUT2D eigenvalue weighted by Crippen LogP contribution is 2.24. The fourth-order valence-electron chi connectivity index (χ4n) is 1.89. The van der Waals surface area contributed by atoms with E-state index in [1.165, 1.54) is 12.1 Å². The molecule has 0 aliphatic heterocycles. The number of rotatable bonds is 5. The van der Waals surface area contributed by atoms with Gasteiger partial charge >= 0.3 is 0 Å². The molecule has 0 unspecified atom stereocenters. The molecular weight excluding hydrogens is 255 g/mol. The average Bonchev–Trinajstić information content (AvgIpc) is 2.43. The first kappa shape index (κ1) is 14.2. The molecule has 0 amide bonds. The van der Waals surface area contributed by atoms with Crippen LogP contribution in [0.1, 0.15) is 25.2 Å². The van der Waals surface area contributed by atoms with Crippen LogP contribution >= 0.6 is 0 Å². The molecule has 2 aromatic rings. The minimum atomic E-state index is -0.274. The number of benzene rings is 1. The van der Waals surface area contributed by atoms with Crippen LogP contribution in [0.3, 0.4) is 0 Å². The van der Waals surface area contributed by atoms with Crippen molar-refractivity contribution < 1.29 is 4.39 Å². The predicted octanol–water partition coefficient (Wildman–Crippen LogP) is 3.66.